The van der Waals surface area contributed by atoms with Crippen LogP contribution in [0.4, 0.5) is 5.69 Å². The quantitative estimate of drug-likeness (QED) is 0.264. The van der Waals surface area contributed by atoms with Gasteiger partial charge in [0, 0.05) is 10.6 Å². The van der Waals surface area contributed by atoms with Crippen LogP contribution in [0.1, 0.15) is 27.4 Å². The molecule has 0 saturated carbocycles. The lowest BCUT2D eigenvalue weighted by atomic mass is 10.2. The van der Waals surface area contributed by atoms with Crippen molar-refractivity contribution in [3.63, 3.8) is 0 Å². The summed E-state index contributed by atoms with van der Waals surface area (Å²) in [6.07, 6.45) is 0. The molecule has 0 atom stereocenters. The zero-order chi connectivity index (χ0) is 14.7. The predicted molar refractivity (Wildman–Crippen MR) is 80.3 cm³/mol. The minimum absolute atomic E-state index is 0.342. The highest BCUT2D eigenvalue weighted by atomic mass is 32.2. The van der Waals surface area contributed by atoms with Crippen molar-refractivity contribution in [1.29, 1.82) is 0 Å². The lowest BCUT2D eigenvalue weighted by Crippen LogP contribution is -2.30. The highest BCUT2D eigenvalue weighted by Crippen LogP contribution is 2.27. The molecular formula is C14H17N3O2S. The number of furan rings is 1. The molecule has 0 saturated heterocycles. The molecule has 0 aliphatic carbocycles. The molecule has 0 radical (unpaired) electrons. The molecule has 1 aromatic carbocycles. The van der Waals surface area contributed by atoms with Crippen LogP contribution in [0.5, 0.6) is 0 Å². The van der Waals surface area contributed by atoms with Gasteiger partial charge >= 0.3 is 0 Å². The second kappa shape index (κ2) is 6.02. The van der Waals surface area contributed by atoms with Crippen molar-refractivity contribution in [3.8, 4) is 0 Å². The number of thioether (sulfide) groups is 1. The van der Waals surface area contributed by atoms with E-state index >= 15 is 0 Å². The summed E-state index contributed by atoms with van der Waals surface area (Å²) in [5, 5.41) is 0. The normalized spacial score (nSPS) is 10.6. The average Bonchev–Trinajstić information content (AvgIpc) is 2.80. The second-order valence-corrected chi connectivity index (χ2v) is 5.51. The smallest absolute Gasteiger partial charge is 0.268 e. The van der Waals surface area contributed by atoms with Crippen molar-refractivity contribution in [3.05, 3.63) is 46.9 Å². The van der Waals surface area contributed by atoms with E-state index in [1.165, 1.54) is 0 Å². The molecule has 1 heterocycles. The summed E-state index contributed by atoms with van der Waals surface area (Å²) < 4.78 is 5.55. The molecule has 5 N–H and O–H groups in total. The van der Waals surface area contributed by atoms with Gasteiger partial charge in [0.1, 0.15) is 11.5 Å². The number of nitrogens with one attached hydrogen (secondary N) is 1. The molecule has 0 unspecified atom stereocenters. The molecule has 2 aromatic rings. The number of benzene rings is 1. The number of amides is 1. The Bertz CT molecular complexity index is 637. The molecule has 5 nitrogen and oxygen atoms in total. The first kappa shape index (κ1) is 14.5. The van der Waals surface area contributed by atoms with Crippen molar-refractivity contribution in [2.45, 2.75) is 24.5 Å². The third kappa shape index (κ3) is 3.15. The van der Waals surface area contributed by atoms with E-state index in [2.05, 4.69) is 5.43 Å². The molecule has 0 fully saturated rings. The van der Waals surface area contributed by atoms with Crippen LogP contribution in [0.15, 0.2) is 33.6 Å². The first-order valence-corrected chi connectivity index (χ1v) is 7.09. The molecule has 0 aliphatic heterocycles. The summed E-state index contributed by atoms with van der Waals surface area (Å²) in [7, 11) is 0. The number of carbonyl (C=O) groups excluding carboxylic acids is 1. The van der Waals surface area contributed by atoms with Crippen LogP contribution in [0, 0.1) is 13.8 Å². The van der Waals surface area contributed by atoms with Gasteiger partial charge in [-0.2, -0.15) is 0 Å². The van der Waals surface area contributed by atoms with Gasteiger partial charge < -0.3 is 10.2 Å². The van der Waals surface area contributed by atoms with Crippen molar-refractivity contribution in [1.82, 2.24) is 5.43 Å². The van der Waals surface area contributed by atoms with Gasteiger partial charge in [-0.05, 0) is 43.7 Å². The highest BCUT2D eigenvalue weighted by molar-refractivity contribution is 7.98. The Hall–Kier alpha value is -1.92. The van der Waals surface area contributed by atoms with Gasteiger partial charge in [0.15, 0.2) is 0 Å². The Labute approximate surface area is 121 Å². The first-order valence-electron chi connectivity index (χ1n) is 6.10. The monoisotopic (exact) mass is 291 g/mol. The summed E-state index contributed by atoms with van der Waals surface area (Å²) in [6, 6.07) is 7.60. The van der Waals surface area contributed by atoms with E-state index in [-0.39, 0.29) is 5.91 Å². The minimum Gasteiger partial charge on any atom is -0.465 e. The molecule has 6 heteroatoms. The number of hydrogen-bond donors (Lipinski definition) is 3. The van der Waals surface area contributed by atoms with Crippen LogP contribution < -0.4 is 17.0 Å². The lowest BCUT2D eigenvalue weighted by molar-refractivity contribution is 0.0952. The number of carbonyl (C=O) groups is 1. The fraction of sp³-hybridized carbons (Fsp3) is 0.214. The maximum Gasteiger partial charge on any atom is 0.268 e. The van der Waals surface area contributed by atoms with Crippen molar-refractivity contribution in [2.75, 3.05) is 5.73 Å². The number of nitrogens with two attached hydrogens (primary N) is 2. The van der Waals surface area contributed by atoms with E-state index in [1.54, 1.807) is 24.8 Å². The highest BCUT2D eigenvalue weighted by Gasteiger charge is 2.14. The summed E-state index contributed by atoms with van der Waals surface area (Å²) in [4.78, 5) is 12.6. The Morgan fingerprint density at radius 3 is 2.75 bits per heavy atom. The topological polar surface area (TPSA) is 94.3 Å². The molecular weight excluding hydrogens is 274 g/mol. The standard InChI is InChI=1S/C14H17N3O2S/c1-8-5-11(3-4-13(8)15)20-7-10-6-12(9(2)19-10)14(18)17-16/h3-6H,7,15-16H2,1-2H3,(H,17,18). The van der Waals surface area contributed by atoms with Crippen molar-refractivity contribution >= 4 is 23.4 Å². The van der Waals surface area contributed by atoms with E-state index in [0.29, 0.717) is 17.1 Å². The van der Waals surface area contributed by atoms with Gasteiger partial charge in [-0.1, -0.05) is 0 Å². The number of hydrazine groups is 1. The zero-order valence-electron chi connectivity index (χ0n) is 11.4. The van der Waals surface area contributed by atoms with Crippen LogP contribution in [0.2, 0.25) is 0 Å². The summed E-state index contributed by atoms with van der Waals surface area (Å²) in [5.41, 5.74) is 10.2. The minimum atomic E-state index is -0.342. The van der Waals surface area contributed by atoms with E-state index in [4.69, 9.17) is 16.0 Å². The van der Waals surface area contributed by atoms with Crippen LogP contribution in [0.25, 0.3) is 0 Å². The number of aryl methyl sites for hydroxylation is 2. The zero-order valence-corrected chi connectivity index (χ0v) is 12.2. The molecule has 106 valence electrons. The van der Waals surface area contributed by atoms with E-state index in [0.717, 1.165) is 21.9 Å². The molecule has 2 rings (SSSR count). The van der Waals surface area contributed by atoms with Crippen LogP contribution >= 0.6 is 11.8 Å². The molecule has 20 heavy (non-hydrogen) atoms. The summed E-state index contributed by atoms with van der Waals surface area (Å²) in [5.74, 6) is 6.72. The van der Waals surface area contributed by atoms with Gasteiger partial charge in [-0.15, -0.1) is 11.8 Å². The maximum atomic E-state index is 11.5. The SMILES string of the molecule is Cc1cc(SCc2cc(C(=O)NN)c(C)o2)ccc1N. The molecule has 0 bridgehead atoms. The van der Waals surface area contributed by atoms with Gasteiger partial charge in [0.05, 0.1) is 11.3 Å². The lowest BCUT2D eigenvalue weighted by Gasteiger charge is -2.03. The third-order valence-corrected chi connectivity index (χ3v) is 3.98. The van der Waals surface area contributed by atoms with Crippen molar-refractivity contribution in [2.24, 2.45) is 5.84 Å². The number of rotatable bonds is 4. The van der Waals surface area contributed by atoms with Gasteiger partial charge in [0.25, 0.3) is 5.91 Å². The summed E-state index contributed by atoms with van der Waals surface area (Å²) in [6.45, 7) is 3.71. The first-order chi connectivity index (χ1) is 9.51. The van der Waals surface area contributed by atoms with Gasteiger partial charge in [-0.25, -0.2) is 5.84 Å². The largest absolute Gasteiger partial charge is 0.465 e. The Morgan fingerprint density at radius 2 is 2.10 bits per heavy atom. The molecule has 0 spiro atoms. The molecule has 1 amide bonds. The fourth-order valence-electron chi connectivity index (χ4n) is 1.81. The molecule has 0 aliphatic rings. The van der Waals surface area contributed by atoms with E-state index in [1.807, 2.05) is 25.1 Å². The van der Waals surface area contributed by atoms with E-state index in [9.17, 15) is 4.79 Å². The molecule has 1 aromatic heterocycles. The van der Waals surface area contributed by atoms with Gasteiger partial charge in [-0.3, -0.25) is 10.2 Å². The Kier molecular flexibility index (Phi) is 4.36. The number of nitrogen functional groups attached to an aromatic ring is 2. The maximum absolute atomic E-state index is 11.5. The number of hydrogen-bond acceptors (Lipinski definition) is 5. The average molecular weight is 291 g/mol. The number of anilines is 1. The van der Waals surface area contributed by atoms with Crippen LogP contribution in [-0.4, -0.2) is 5.91 Å². The van der Waals surface area contributed by atoms with E-state index < -0.39 is 0 Å². The predicted octanol–water partition coefficient (Wildman–Crippen LogP) is 2.37. The van der Waals surface area contributed by atoms with Crippen molar-refractivity contribution < 1.29 is 9.21 Å². The van der Waals surface area contributed by atoms with Gasteiger partial charge in [0.2, 0.25) is 0 Å². The van der Waals surface area contributed by atoms with Crippen LogP contribution in [0.3, 0.4) is 0 Å². The third-order valence-electron chi connectivity index (χ3n) is 2.97. The fourth-order valence-corrected chi connectivity index (χ4v) is 2.69. The Morgan fingerprint density at radius 1 is 1.35 bits per heavy atom. The summed E-state index contributed by atoms with van der Waals surface area (Å²) >= 11 is 1.63. The van der Waals surface area contributed by atoms with Crippen LogP contribution in [-0.2, 0) is 5.75 Å². The Balaban J connectivity index is 2.07. The second-order valence-electron chi connectivity index (χ2n) is 4.46.